The molecule has 0 radical (unpaired) electrons. The Bertz CT molecular complexity index is 474. The first-order chi connectivity index (χ1) is 7.70. The van der Waals surface area contributed by atoms with Crippen LogP contribution in [0.2, 0.25) is 0 Å². The summed E-state index contributed by atoms with van der Waals surface area (Å²) >= 11 is 1.76. The molecule has 0 atom stereocenters. The van der Waals surface area contributed by atoms with Gasteiger partial charge in [-0.25, -0.2) is 4.98 Å². The van der Waals surface area contributed by atoms with Crippen LogP contribution in [-0.2, 0) is 6.54 Å². The molecule has 2 nitrogen and oxygen atoms in total. The molecule has 0 aliphatic carbocycles. The Morgan fingerprint density at radius 3 is 2.81 bits per heavy atom. The minimum Gasteiger partial charge on any atom is -0.326 e. The molecule has 1 heterocycles. The van der Waals surface area contributed by atoms with E-state index in [1.54, 1.807) is 11.3 Å². The van der Waals surface area contributed by atoms with Crippen LogP contribution < -0.4 is 5.73 Å². The zero-order chi connectivity index (χ0) is 11.5. The van der Waals surface area contributed by atoms with Gasteiger partial charge in [-0.3, -0.25) is 0 Å². The molecule has 0 fully saturated rings. The Kier molecular flexibility index (Phi) is 3.36. The molecule has 0 saturated carbocycles. The topological polar surface area (TPSA) is 38.9 Å². The summed E-state index contributed by atoms with van der Waals surface area (Å²) in [6.07, 6.45) is 1.97. The normalized spacial score (nSPS) is 11.0. The molecule has 2 aromatic rings. The molecule has 2 N–H and O–H groups in total. The van der Waals surface area contributed by atoms with Gasteiger partial charge in [0, 0.05) is 23.2 Å². The fourth-order valence-electron chi connectivity index (χ4n) is 1.52. The number of nitrogens with two attached hydrogens (primary N) is 1. The van der Waals surface area contributed by atoms with Gasteiger partial charge < -0.3 is 5.73 Å². The number of rotatable bonds is 3. The quantitative estimate of drug-likeness (QED) is 0.881. The zero-order valence-electron chi connectivity index (χ0n) is 9.60. The Balaban J connectivity index is 2.34. The van der Waals surface area contributed by atoms with Gasteiger partial charge in [-0.1, -0.05) is 32.0 Å². The van der Waals surface area contributed by atoms with Crippen LogP contribution in [0.3, 0.4) is 0 Å². The van der Waals surface area contributed by atoms with Crippen LogP contribution in [0.15, 0.2) is 30.5 Å². The van der Waals surface area contributed by atoms with Crippen molar-refractivity contribution in [1.82, 2.24) is 4.98 Å². The van der Waals surface area contributed by atoms with Crippen LogP contribution in [-0.4, -0.2) is 4.98 Å². The number of thiazole rings is 1. The fourth-order valence-corrected chi connectivity index (χ4v) is 2.43. The Hall–Kier alpha value is -1.19. The van der Waals surface area contributed by atoms with E-state index in [1.165, 1.54) is 10.4 Å². The van der Waals surface area contributed by atoms with E-state index in [-0.39, 0.29) is 0 Å². The number of aromatic nitrogens is 1. The van der Waals surface area contributed by atoms with Gasteiger partial charge in [-0.2, -0.15) is 0 Å². The van der Waals surface area contributed by atoms with E-state index >= 15 is 0 Å². The third-order valence-corrected chi connectivity index (χ3v) is 3.85. The van der Waals surface area contributed by atoms with Crippen LogP contribution in [0.1, 0.15) is 30.2 Å². The predicted molar refractivity (Wildman–Crippen MR) is 69.5 cm³/mol. The molecule has 0 unspecified atom stereocenters. The maximum atomic E-state index is 5.63. The molecule has 0 aliphatic rings. The molecule has 1 aromatic heterocycles. The van der Waals surface area contributed by atoms with Crippen LogP contribution in [0.25, 0.3) is 10.6 Å². The first-order valence-electron chi connectivity index (χ1n) is 5.46. The zero-order valence-corrected chi connectivity index (χ0v) is 10.4. The molecule has 0 amide bonds. The summed E-state index contributed by atoms with van der Waals surface area (Å²) in [5.74, 6) is 0.545. The number of hydrogen-bond donors (Lipinski definition) is 1. The van der Waals surface area contributed by atoms with Gasteiger partial charge in [0.15, 0.2) is 0 Å². The first-order valence-corrected chi connectivity index (χ1v) is 6.27. The lowest BCUT2D eigenvalue weighted by atomic mass is 10.1. The van der Waals surface area contributed by atoms with Gasteiger partial charge in [0.05, 0.1) is 0 Å². The second-order valence-electron chi connectivity index (χ2n) is 4.13. The van der Waals surface area contributed by atoms with E-state index < -0.39 is 0 Å². The highest BCUT2D eigenvalue weighted by Gasteiger charge is 2.07. The molecule has 84 valence electrons. The van der Waals surface area contributed by atoms with Crippen molar-refractivity contribution in [3.63, 3.8) is 0 Å². The third kappa shape index (κ3) is 2.31. The van der Waals surface area contributed by atoms with Crippen molar-refractivity contribution in [3.8, 4) is 10.6 Å². The van der Waals surface area contributed by atoms with E-state index in [4.69, 9.17) is 5.73 Å². The van der Waals surface area contributed by atoms with Gasteiger partial charge >= 0.3 is 0 Å². The Morgan fingerprint density at radius 1 is 1.38 bits per heavy atom. The highest BCUT2D eigenvalue weighted by atomic mass is 32.1. The van der Waals surface area contributed by atoms with Gasteiger partial charge in [0.2, 0.25) is 0 Å². The third-order valence-electron chi connectivity index (χ3n) is 2.50. The number of benzene rings is 1. The lowest BCUT2D eigenvalue weighted by Gasteiger charge is -2.00. The monoisotopic (exact) mass is 232 g/mol. The molecule has 3 heteroatoms. The fraction of sp³-hybridized carbons (Fsp3) is 0.308. The van der Waals surface area contributed by atoms with Crippen molar-refractivity contribution >= 4 is 11.3 Å². The first kappa shape index (κ1) is 11.3. The predicted octanol–water partition coefficient (Wildman–Crippen LogP) is 3.39. The number of nitrogens with zero attached hydrogens (tertiary/aromatic N) is 1. The van der Waals surface area contributed by atoms with Gasteiger partial charge in [0.1, 0.15) is 5.01 Å². The van der Waals surface area contributed by atoms with E-state index in [0.29, 0.717) is 12.5 Å². The van der Waals surface area contributed by atoms with Crippen molar-refractivity contribution < 1.29 is 0 Å². The van der Waals surface area contributed by atoms with Crippen molar-refractivity contribution in [2.45, 2.75) is 26.3 Å². The van der Waals surface area contributed by atoms with Crippen LogP contribution in [0.4, 0.5) is 0 Å². The highest BCUT2D eigenvalue weighted by molar-refractivity contribution is 7.15. The highest BCUT2D eigenvalue weighted by Crippen LogP contribution is 2.29. The Labute approximate surface area is 100 Å². The van der Waals surface area contributed by atoms with E-state index in [9.17, 15) is 0 Å². The SMILES string of the molecule is CC(C)c1cnc(-c2cccc(CN)c2)s1. The van der Waals surface area contributed by atoms with Gasteiger partial charge in [-0.05, 0) is 17.5 Å². The lowest BCUT2D eigenvalue weighted by Crippen LogP contribution is -1.95. The maximum absolute atomic E-state index is 5.63. The summed E-state index contributed by atoms with van der Waals surface area (Å²) in [6.45, 7) is 4.96. The average Bonchev–Trinajstić information content (AvgIpc) is 2.78. The molecular formula is C13H16N2S. The summed E-state index contributed by atoms with van der Waals surface area (Å²) in [7, 11) is 0. The van der Waals surface area contributed by atoms with Crippen LogP contribution in [0, 0.1) is 0 Å². The van der Waals surface area contributed by atoms with Crippen molar-refractivity contribution in [2.24, 2.45) is 5.73 Å². The Morgan fingerprint density at radius 2 is 2.19 bits per heavy atom. The summed E-state index contributed by atoms with van der Waals surface area (Å²) in [5.41, 5.74) is 7.95. The molecule has 16 heavy (non-hydrogen) atoms. The second kappa shape index (κ2) is 4.76. The molecule has 0 saturated heterocycles. The number of hydrogen-bond acceptors (Lipinski definition) is 3. The van der Waals surface area contributed by atoms with E-state index in [0.717, 1.165) is 10.6 Å². The van der Waals surface area contributed by atoms with Crippen LogP contribution >= 0.6 is 11.3 Å². The molecule has 0 aliphatic heterocycles. The molecule has 0 bridgehead atoms. The molecule has 1 aromatic carbocycles. The second-order valence-corrected chi connectivity index (χ2v) is 5.19. The van der Waals surface area contributed by atoms with Crippen LogP contribution in [0.5, 0.6) is 0 Å². The van der Waals surface area contributed by atoms with Crippen molar-refractivity contribution in [2.75, 3.05) is 0 Å². The summed E-state index contributed by atoms with van der Waals surface area (Å²) in [6, 6.07) is 8.28. The van der Waals surface area contributed by atoms with Gasteiger partial charge in [-0.15, -0.1) is 11.3 Å². The summed E-state index contributed by atoms with van der Waals surface area (Å²) in [5, 5.41) is 1.08. The lowest BCUT2D eigenvalue weighted by molar-refractivity contribution is 0.885. The van der Waals surface area contributed by atoms with Gasteiger partial charge in [0.25, 0.3) is 0 Å². The summed E-state index contributed by atoms with van der Waals surface area (Å²) < 4.78 is 0. The van der Waals surface area contributed by atoms with Crippen molar-refractivity contribution in [3.05, 3.63) is 40.9 Å². The molecule has 2 rings (SSSR count). The average molecular weight is 232 g/mol. The standard InChI is InChI=1S/C13H16N2S/c1-9(2)12-8-15-13(16-12)11-5-3-4-10(6-11)7-14/h3-6,8-9H,7,14H2,1-2H3. The minimum atomic E-state index is 0.545. The van der Waals surface area contributed by atoms with E-state index in [2.05, 4.69) is 31.0 Å². The van der Waals surface area contributed by atoms with E-state index in [1.807, 2.05) is 18.3 Å². The minimum absolute atomic E-state index is 0.545. The smallest absolute Gasteiger partial charge is 0.123 e. The molecule has 0 spiro atoms. The largest absolute Gasteiger partial charge is 0.326 e. The molecular weight excluding hydrogens is 216 g/mol. The van der Waals surface area contributed by atoms with Crippen molar-refractivity contribution in [1.29, 1.82) is 0 Å². The maximum Gasteiger partial charge on any atom is 0.123 e. The summed E-state index contributed by atoms with van der Waals surface area (Å²) in [4.78, 5) is 5.79.